The zero-order valence-electron chi connectivity index (χ0n) is 11.4. The zero-order valence-corrected chi connectivity index (χ0v) is 11.4. The van der Waals surface area contributed by atoms with Gasteiger partial charge in [-0.15, -0.1) is 0 Å². The number of furan rings is 1. The van der Waals surface area contributed by atoms with Gasteiger partial charge in [0.05, 0.1) is 19.3 Å². The van der Waals surface area contributed by atoms with Crippen molar-refractivity contribution in [2.45, 2.75) is 25.7 Å². The van der Waals surface area contributed by atoms with Crippen molar-refractivity contribution in [3.63, 3.8) is 0 Å². The third-order valence-corrected chi connectivity index (χ3v) is 3.43. The average molecular weight is 279 g/mol. The normalized spacial score (nSPS) is 17.9. The maximum Gasteiger partial charge on any atom is 0.169 e. The van der Waals surface area contributed by atoms with E-state index in [0.29, 0.717) is 31.0 Å². The van der Waals surface area contributed by atoms with Gasteiger partial charge in [-0.2, -0.15) is 0 Å². The molecule has 0 aliphatic carbocycles. The summed E-state index contributed by atoms with van der Waals surface area (Å²) in [5.74, 6) is 0.378. The molecule has 0 radical (unpaired) electrons. The number of hydrogen-bond donors (Lipinski definition) is 1. The molecule has 1 N–H and O–H groups in total. The fourth-order valence-electron chi connectivity index (χ4n) is 2.50. The Balaban J connectivity index is 1.86. The maximum absolute atomic E-state index is 13.7. The molecule has 2 aromatic rings. The molecule has 1 aliphatic rings. The molecule has 1 fully saturated rings. The van der Waals surface area contributed by atoms with Crippen LogP contribution in [-0.2, 0) is 9.47 Å². The van der Waals surface area contributed by atoms with E-state index in [1.807, 2.05) is 19.1 Å². The number of halogens is 1. The van der Waals surface area contributed by atoms with Gasteiger partial charge in [0.15, 0.2) is 17.7 Å². The van der Waals surface area contributed by atoms with Gasteiger partial charge in [0.2, 0.25) is 0 Å². The van der Waals surface area contributed by atoms with Crippen molar-refractivity contribution in [1.29, 1.82) is 0 Å². The summed E-state index contributed by atoms with van der Waals surface area (Å²) in [6.45, 7) is 4.06. The molecule has 20 heavy (non-hydrogen) atoms. The fourth-order valence-corrected chi connectivity index (χ4v) is 2.50. The predicted octanol–water partition coefficient (Wildman–Crippen LogP) is 2.99. The second kappa shape index (κ2) is 5.91. The smallest absolute Gasteiger partial charge is 0.169 e. The number of ether oxygens (including phenoxy) is 2. The van der Waals surface area contributed by atoms with E-state index in [1.165, 1.54) is 6.07 Å². The molecule has 1 aliphatic heterocycles. The van der Waals surface area contributed by atoms with Gasteiger partial charge in [0.25, 0.3) is 0 Å². The summed E-state index contributed by atoms with van der Waals surface area (Å²) in [7, 11) is 0. The first-order valence-electron chi connectivity index (χ1n) is 6.92. The molecular weight excluding hydrogens is 261 g/mol. The number of hydrogen-bond acceptors (Lipinski definition) is 4. The van der Waals surface area contributed by atoms with Crippen molar-refractivity contribution in [3.05, 3.63) is 35.8 Å². The van der Waals surface area contributed by atoms with Crippen LogP contribution in [0.3, 0.4) is 0 Å². The van der Waals surface area contributed by atoms with E-state index >= 15 is 0 Å². The van der Waals surface area contributed by atoms with Crippen molar-refractivity contribution >= 4 is 11.0 Å². The minimum Gasteiger partial charge on any atom is -0.456 e. The summed E-state index contributed by atoms with van der Waals surface area (Å²) < 4.78 is 30.3. The van der Waals surface area contributed by atoms with Gasteiger partial charge in [-0.25, -0.2) is 4.39 Å². The number of para-hydroxylation sites is 1. The summed E-state index contributed by atoms with van der Waals surface area (Å²) in [6, 6.07) is 6.76. The van der Waals surface area contributed by atoms with E-state index in [0.717, 1.165) is 11.9 Å². The summed E-state index contributed by atoms with van der Waals surface area (Å²) in [5, 5.41) is 4.10. The molecule has 0 spiro atoms. The molecular formula is C15H18FNO3. The minimum absolute atomic E-state index is 0.0464. The third kappa shape index (κ3) is 2.70. The van der Waals surface area contributed by atoms with Crippen LogP contribution >= 0.6 is 0 Å². The van der Waals surface area contributed by atoms with Crippen molar-refractivity contribution < 1.29 is 18.3 Å². The number of nitrogens with one attached hydrogen (secondary N) is 1. The Morgan fingerprint density at radius 3 is 2.85 bits per heavy atom. The van der Waals surface area contributed by atoms with E-state index < -0.39 is 0 Å². The highest BCUT2D eigenvalue weighted by molar-refractivity contribution is 5.78. The van der Waals surface area contributed by atoms with E-state index in [4.69, 9.17) is 13.9 Å². The Labute approximate surface area is 116 Å². The van der Waals surface area contributed by atoms with E-state index in [-0.39, 0.29) is 18.1 Å². The van der Waals surface area contributed by atoms with Crippen molar-refractivity contribution in [2.24, 2.45) is 0 Å². The van der Waals surface area contributed by atoms with Crippen LogP contribution in [0.5, 0.6) is 0 Å². The van der Waals surface area contributed by atoms with Crippen LogP contribution in [0.25, 0.3) is 11.0 Å². The van der Waals surface area contributed by atoms with Crippen molar-refractivity contribution in [2.75, 3.05) is 19.8 Å². The van der Waals surface area contributed by atoms with Crippen molar-refractivity contribution in [3.8, 4) is 0 Å². The molecule has 1 aromatic heterocycles. The molecule has 0 saturated carbocycles. The van der Waals surface area contributed by atoms with Gasteiger partial charge in [-0.1, -0.05) is 19.1 Å². The first-order valence-corrected chi connectivity index (χ1v) is 6.92. The van der Waals surface area contributed by atoms with Crippen LogP contribution in [0.2, 0.25) is 0 Å². The summed E-state index contributed by atoms with van der Waals surface area (Å²) in [5.41, 5.74) is 0.304. The summed E-state index contributed by atoms with van der Waals surface area (Å²) in [6.07, 6.45) is 0.423. The number of rotatable bonds is 5. The molecule has 5 heteroatoms. The Kier molecular flexibility index (Phi) is 4.00. The zero-order chi connectivity index (χ0) is 13.9. The second-order valence-corrected chi connectivity index (χ2v) is 4.82. The van der Waals surface area contributed by atoms with Gasteiger partial charge < -0.3 is 19.2 Å². The molecule has 1 unspecified atom stereocenters. The average Bonchev–Trinajstić information content (AvgIpc) is 3.07. The Hall–Kier alpha value is -1.43. The highest BCUT2D eigenvalue weighted by Gasteiger charge is 2.24. The van der Waals surface area contributed by atoms with Gasteiger partial charge in [0.1, 0.15) is 5.76 Å². The Morgan fingerprint density at radius 2 is 2.15 bits per heavy atom. The van der Waals surface area contributed by atoms with Gasteiger partial charge in [-0.05, 0) is 18.7 Å². The van der Waals surface area contributed by atoms with Gasteiger partial charge in [-0.3, -0.25) is 0 Å². The molecule has 108 valence electrons. The van der Waals surface area contributed by atoms with Crippen LogP contribution in [-0.4, -0.2) is 26.0 Å². The van der Waals surface area contributed by atoms with Crippen LogP contribution in [0, 0.1) is 5.82 Å². The Morgan fingerprint density at radius 1 is 1.35 bits per heavy atom. The lowest BCUT2D eigenvalue weighted by molar-refractivity contribution is -0.0540. The topological polar surface area (TPSA) is 43.6 Å². The molecule has 3 rings (SSSR count). The highest BCUT2D eigenvalue weighted by atomic mass is 19.1. The maximum atomic E-state index is 13.7. The molecule has 1 atom stereocenters. The minimum atomic E-state index is -0.336. The molecule has 4 nitrogen and oxygen atoms in total. The molecule has 0 bridgehead atoms. The lowest BCUT2D eigenvalue weighted by Gasteiger charge is -2.18. The van der Waals surface area contributed by atoms with Crippen molar-refractivity contribution in [1.82, 2.24) is 5.32 Å². The van der Waals surface area contributed by atoms with Crippen LogP contribution < -0.4 is 5.32 Å². The van der Waals surface area contributed by atoms with E-state index in [9.17, 15) is 4.39 Å². The standard InChI is InChI=1S/C15H18FNO3/c1-2-17-12(9-14-18-6-7-19-14)13-8-10-4-3-5-11(16)15(10)20-13/h3-5,8,12,14,17H,2,6-7,9H2,1H3. The first kappa shape index (κ1) is 13.5. The fraction of sp³-hybridized carbons (Fsp3) is 0.467. The Bertz CT molecular complexity index is 578. The number of fused-ring (bicyclic) bond motifs is 1. The lowest BCUT2D eigenvalue weighted by atomic mass is 10.1. The largest absolute Gasteiger partial charge is 0.456 e. The van der Waals surface area contributed by atoms with E-state index in [2.05, 4.69) is 5.32 Å². The van der Waals surface area contributed by atoms with E-state index in [1.54, 1.807) is 6.07 Å². The van der Waals surface area contributed by atoms with Crippen LogP contribution in [0.4, 0.5) is 4.39 Å². The summed E-state index contributed by atoms with van der Waals surface area (Å²) >= 11 is 0. The first-order chi connectivity index (χ1) is 9.78. The van der Waals surface area contributed by atoms with Crippen LogP contribution in [0.15, 0.2) is 28.7 Å². The molecule has 1 aromatic carbocycles. The second-order valence-electron chi connectivity index (χ2n) is 4.82. The monoisotopic (exact) mass is 279 g/mol. The summed E-state index contributed by atoms with van der Waals surface area (Å²) in [4.78, 5) is 0. The third-order valence-electron chi connectivity index (χ3n) is 3.43. The van der Waals surface area contributed by atoms with Crippen LogP contribution in [0.1, 0.15) is 25.1 Å². The number of benzene rings is 1. The highest BCUT2D eigenvalue weighted by Crippen LogP contribution is 2.29. The molecule has 0 amide bonds. The van der Waals surface area contributed by atoms with Gasteiger partial charge >= 0.3 is 0 Å². The predicted molar refractivity (Wildman–Crippen MR) is 72.9 cm³/mol. The lowest BCUT2D eigenvalue weighted by Crippen LogP contribution is -2.25. The SMILES string of the molecule is CCNC(CC1OCCO1)c1cc2cccc(F)c2o1. The van der Waals surface area contributed by atoms with Gasteiger partial charge in [0, 0.05) is 11.8 Å². The molecule has 1 saturated heterocycles. The molecule has 2 heterocycles. The quantitative estimate of drug-likeness (QED) is 0.913.